The zero-order valence-electron chi connectivity index (χ0n) is 10.6. The fraction of sp³-hybridized carbons (Fsp3) is 0.0833. The van der Waals surface area contributed by atoms with E-state index in [2.05, 4.69) is 9.97 Å². The lowest BCUT2D eigenvalue weighted by molar-refractivity contribution is 0.0692. The molecular formula is C12H9ClN2O5S. The van der Waals surface area contributed by atoms with Gasteiger partial charge in [-0.2, -0.15) is 4.98 Å². The van der Waals surface area contributed by atoms with Crippen molar-refractivity contribution in [3.05, 3.63) is 41.0 Å². The summed E-state index contributed by atoms with van der Waals surface area (Å²) in [6.45, 7) is 0. The van der Waals surface area contributed by atoms with Crippen molar-refractivity contribution < 1.29 is 23.1 Å². The van der Waals surface area contributed by atoms with Gasteiger partial charge < -0.3 is 9.84 Å². The Balaban J connectivity index is 2.54. The van der Waals surface area contributed by atoms with Gasteiger partial charge in [-0.15, -0.1) is 0 Å². The number of halogens is 1. The second-order valence-electron chi connectivity index (χ2n) is 3.98. The predicted octanol–water partition coefficient (Wildman–Crippen LogP) is 2.02. The number of carboxylic acids is 1. The van der Waals surface area contributed by atoms with E-state index in [1.54, 1.807) is 12.1 Å². The monoisotopic (exact) mass is 328 g/mol. The quantitative estimate of drug-likeness (QED) is 0.855. The van der Waals surface area contributed by atoms with Crippen LogP contribution in [-0.2, 0) is 9.84 Å². The molecule has 110 valence electrons. The highest BCUT2D eigenvalue weighted by atomic mass is 35.5. The van der Waals surface area contributed by atoms with Crippen LogP contribution in [-0.4, -0.2) is 35.7 Å². The third-order valence-electron chi connectivity index (χ3n) is 2.34. The maximum Gasteiger partial charge on any atom is 0.342 e. The van der Waals surface area contributed by atoms with Crippen LogP contribution >= 0.6 is 11.6 Å². The van der Waals surface area contributed by atoms with E-state index in [9.17, 15) is 13.2 Å². The van der Waals surface area contributed by atoms with E-state index in [1.165, 1.54) is 12.1 Å². The standard InChI is InChI=1S/C12H9ClN2O5S/c1-21(18,19)12-14-6-7(11(16)17)10(15-12)20-9-5-3-2-4-8(9)13/h2-6H,1H3,(H,16,17). The van der Waals surface area contributed by atoms with E-state index in [4.69, 9.17) is 21.4 Å². The van der Waals surface area contributed by atoms with Crippen LogP contribution in [0.15, 0.2) is 35.6 Å². The second-order valence-corrected chi connectivity index (χ2v) is 6.30. The van der Waals surface area contributed by atoms with E-state index in [1.807, 2.05) is 0 Å². The number of rotatable bonds is 4. The van der Waals surface area contributed by atoms with Gasteiger partial charge in [0.05, 0.1) is 11.2 Å². The summed E-state index contributed by atoms with van der Waals surface area (Å²) in [6, 6.07) is 6.32. The average molecular weight is 329 g/mol. The van der Waals surface area contributed by atoms with E-state index >= 15 is 0 Å². The Morgan fingerprint density at radius 1 is 1.33 bits per heavy atom. The number of hydrogen-bond acceptors (Lipinski definition) is 6. The molecule has 1 heterocycles. The molecule has 0 amide bonds. The molecule has 0 aliphatic rings. The van der Waals surface area contributed by atoms with E-state index in [0.717, 1.165) is 12.5 Å². The smallest absolute Gasteiger partial charge is 0.342 e. The first-order valence-electron chi connectivity index (χ1n) is 5.52. The molecule has 2 aromatic rings. The fourth-order valence-electron chi connectivity index (χ4n) is 1.39. The van der Waals surface area contributed by atoms with Crippen LogP contribution in [0, 0.1) is 0 Å². The van der Waals surface area contributed by atoms with Gasteiger partial charge in [0, 0.05) is 6.26 Å². The normalized spacial score (nSPS) is 11.1. The molecule has 0 unspecified atom stereocenters. The van der Waals surface area contributed by atoms with Crippen LogP contribution in [0.4, 0.5) is 0 Å². The van der Waals surface area contributed by atoms with Gasteiger partial charge in [-0.1, -0.05) is 23.7 Å². The molecule has 0 radical (unpaired) electrons. The van der Waals surface area contributed by atoms with Gasteiger partial charge >= 0.3 is 5.97 Å². The van der Waals surface area contributed by atoms with Crippen molar-refractivity contribution >= 4 is 27.4 Å². The maximum atomic E-state index is 11.4. The molecule has 7 nitrogen and oxygen atoms in total. The highest BCUT2D eigenvalue weighted by Crippen LogP contribution is 2.29. The van der Waals surface area contributed by atoms with E-state index < -0.39 is 26.8 Å². The minimum absolute atomic E-state index is 0.153. The number of aromatic carboxylic acids is 1. The number of nitrogens with zero attached hydrogens (tertiary/aromatic N) is 2. The molecule has 0 fully saturated rings. The highest BCUT2D eigenvalue weighted by molar-refractivity contribution is 7.90. The molecule has 1 N–H and O–H groups in total. The molecule has 0 saturated heterocycles. The lowest BCUT2D eigenvalue weighted by Gasteiger charge is -2.09. The van der Waals surface area contributed by atoms with Gasteiger partial charge in [0.2, 0.25) is 20.9 Å². The minimum atomic E-state index is -3.70. The summed E-state index contributed by atoms with van der Waals surface area (Å²) in [4.78, 5) is 18.3. The fourth-order valence-corrected chi connectivity index (χ4v) is 2.05. The topological polar surface area (TPSA) is 106 Å². The SMILES string of the molecule is CS(=O)(=O)c1ncc(C(=O)O)c(Oc2ccccc2Cl)n1. The Morgan fingerprint density at radius 2 is 2.00 bits per heavy atom. The van der Waals surface area contributed by atoms with Crippen LogP contribution < -0.4 is 4.74 Å². The first-order chi connectivity index (χ1) is 9.79. The number of aromatic nitrogens is 2. The molecule has 1 aromatic heterocycles. The molecule has 9 heteroatoms. The first kappa shape index (κ1) is 15.2. The van der Waals surface area contributed by atoms with Crippen LogP contribution in [0.3, 0.4) is 0 Å². The molecular weight excluding hydrogens is 320 g/mol. The van der Waals surface area contributed by atoms with E-state index in [-0.39, 0.29) is 16.3 Å². The lowest BCUT2D eigenvalue weighted by atomic mass is 10.3. The molecule has 0 spiro atoms. The molecule has 1 aromatic carbocycles. The first-order valence-corrected chi connectivity index (χ1v) is 7.79. The van der Waals surface area contributed by atoms with Crippen molar-refractivity contribution in [2.24, 2.45) is 0 Å². The van der Waals surface area contributed by atoms with Crippen molar-refractivity contribution in [3.8, 4) is 11.6 Å². The number of benzene rings is 1. The van der Waals surface area contributed by atoms with E-state index in [0.29, 0.717) is 0 Å². The number of carbonyl (C=O) groups is 1. The zero-order chi connectivity index (χ0) is 15.6. The van der Waals surface area contributed by atoms with Gasteiger partial charge in [-0.3, -0.25) is 0 Å². The molecule has 0 aliphatic carbocycles. The molecule has 21 heavy (non-hydrogen) atoms. The Labute approximate surface area is 125 Å². The number of para-hydroxylation sites is 1. The zero-order valence-corrected chi connectivity index (χ0v) is 12.2. The summed E-state index contributed by atoms with van der Waals surface area (Å²) in [5, 5.41) is 8.76. The van der Waals surface area contributed by atoms with Gasteiger partial charge in [0.25, 0.3) is 0 Å². The molecule has 0 saturated carbocycles. The lowest BCUT2D eigenvalue weighted by Crippen LogP contribution is -2.09. The van der Waals surface area contributed by atoms with Crippen molar-refractivity contribution in [1.82, 2.24) is 9.97 Å². The summed E-state index contributed by atoms with van der Waals surface area (Å²) >= 11 is 5.90. The number of hydrogen-bond donors (Lipinski definition) is 1. The minimum Gasteiger partial charge on any atom is -0.477 e. The third-order valence-corrected chi connectivity index (χ3v) is 3.51. The summed E-state index contributed by atoms with van der Waals surface area (Å²) in [6.07, 6.45) is 1.78. The number of sulfone groups is 1. The summed E-state index contributed by atoms with van der Waals surface area (Å²) in [7, 11) is -3.70. The molecule has 0 aliphatic heterocycles. The number of ether oxygens (including phenoxy) is 1. The average Bonchev–Trinajstić information content (AvgIpc) is 2.40. The maximum absolute atomic E-state index is 11.4. The van der Waals surface area contributed by atoms with Crippen molar-refractivity contribution in [2.75, 3.05) is 6.26 Å². The van der Waals surface area contributed by atoms with Crippen LogP contribution in [0.5, 0.6) is 11.6 Å². The summed E-state index contributed by atoms with van der Waals surface area (Å²) in [5.74, 6) is -1.59. The predicted molar refractivity (Wildman–Crippen MR) is 73.6 cm³/mol. The molecule has 2 rings (SSSR count). The third kappa shape index (κ3) is 3.47. The summed E-state index contributed by atoms with van der Waals surface area (Å²) < 4.78 is 28.2. The summed E-state index contributed by atoms with van der Waals surface area (Å²) in [5.41, 5.74) is -0.373. The second kappa shape index (κ2) is 5.66. The van der Waals surface area contributed by atoms with Crippen molar-refractivity contribution in [2.45, 2.75) is 5.16 Å². The Bertz CT molecular complexity index is 807. The van der Waals surface area contributed by atoms with Gasteiger partial charge in [-0.05, 0) is 12.1 Å². The van der Waals surface area contributed by atoms with Crippen LogP contribution in [0.2, 0.25) is 5.02 Å². The van der Waals surface area contributed by atoms with Crippen LogP contribution in [0.25, 0.3) is 0 Å². The number of carboxylic acid groups (broad SMARTS) is 1. The Morgan fingerprint density at radius 3 is 2.57 bits per heavy atom. The Hall–Kier alpha value is -2.19. The largest absolute Gasteiger partial charge is 0.477 e. The van der Waals surface area contributed by atoms with Gasteiger partial charge in [0.1, 0.15) is 11.3 Å². The van der Waals surface area contributed by atoms with Gasteiger partial charge in [-0.25, -0.2) is 18.2 Å². The van der Waals surface area contributed by atoms with Crippen molar-refractivity contribution in [1.29, 1.82) is 0 Å². The molecule has 0 atom stereocenters. The Kier molecular flexibility index (Phi) is 4.10. The molecule has 0 bridgehead atoms. The highest BCUT2D eigenvalue weighted by Gasteiger charge is 2.20. The van der Waals surface area contributed by atoms with Crippen molar-refractivity contribution in [3.63, 3.8) is 0 Å². The van der Waals surface area contributed by atoms with Gasteiger partial charge in [0.15, 0.2) is 0 Å². The van der Waals surface area contributed by atoms with Crippen LogP contribution in [0.1, 0.15) is 10.4 Å².